The highest BCUT2D eigenvalue weighted by Crippen LogP contribution is 2.27. The van der Waals surface area contributed by atoms with Crippen molar-refractivity contribution in [2.24, 2.45) is 0 Å². The van der Waals surface area contributed by atoms with Crippen molar-refractivity contribution in [1.29, 1.82) is 0 Å². The predicted octanol–water partition coefficient (Wildman–Crippen LogP) is 2.78. The molecule has 0 bridgehead atoms. The van der Waals surface area contributed by atoms with Gasteiger partial charge >= 0.3 is 0 Å². The highest BCUT2D eigenvalue weighted by Gasteiger charge is 2.25. The van der Waals surface area contributed by atoms with Crippen molar-refractivity contribution in [3.63, 3.8) is 0 Å². The van der Waals surface area contributed by atoms with E-state index in [2.05, 4.69) is 20.7 Å². The number of nitrogen functional groups attached to an aromatic ring is 1. The first-order valence-electron chi connectivity index (χ1n) is 6.17. The molecule has 0 unspecified atom stereocenters. The lowest BCUT2D eigenvalue weighted by atomic mass is 9.96. The van der Waals surface area contributed by atoms with Gasteiger partial charge in [0.25, 0.3) is 0 Å². The second kappa shape index (κ2) is 5.76. The third-order valence-corrected chi connectivity index (χ3v) is 5.33. The summed E-state index contributed by atoms with van der Waals surface area (Å²) in [4.78, 5) is -0.398. The van der Waals surface area contributed by atoms with Crippen molar-refractivity contribution in [1.82, 2.24) is 4.72 Å². The van der Waals surface area contributed by atoms with Gasteiger partial charge in [-0.2, -0.15) is 0 Å². The molecular formula is C12H16BrFN2O2S. The van der Waals surface area contributed by atoms with E-state index in [1.54, 1.807) is 0 Å². The van der Waals surface area contributed by atoms with Crippen LogP contribution in [-0.4, -0.2) is 14.5 Å². The van der Waals surface area contributed by atoms with E-state index < -0.39 is 20.7 Å². The molecule has 19 heavy (non-hydrogen) atoms. The second-order valence-corrected chi connectivity index (χ2v) is 7.31. The molecule has 1 fully saturated rings. The fraction of sp³-hybridized carbons (Fsp3) is 0.500. The van der Waals surface area contributed by atoms with Gasteiger partial charge in [0.05, 0.1) is 4.47 Å². The van der Waals surface area contributed by atoms with E-state index in [9.17, 15) is 12.8 Å². The zero-order valence-electron chi connectivity index (χ0n) is 10.3. The third-order valence-electron chi connectivity index (χ3n) is 3.23. The Balaban J connectivity index is 2.28. The molecule has 2 rings (SSSR count). The first-order valence-corrected chi connectivity index (χ1v) is 8.44. The molecule has 0 heterocycles. The van der Waals surface area contributed by atoms with Crippen LogP contribution in [0.1, 0.15) is 32.1 Å². The largest absolute Gasteiger partial charge is 0.399 e. The summed E-state index contributed by atoms with van der Waals surface area (Å²) in [5.41, 5.74) is 5.78. The lowest BCUT2D eigenvalue weighted by Crippen LogP contribution is -2.36. The normalized spacial score (nSPS) is 17.6. The van der Waals surface area contributed by atoms with Crippen LogP contribution in [0, 0.1) is 5.82 Å². The summed E-state index contributed by atoms with van der Waals surface area (Å²) < 4.78 is 40.9. The number of rotatable bonds is 3. The molecule has 0 spiro atoms. The van der Waals surface area contributed by atoms with Gasteiger partial charge in [0.15, 0.2) is 5.82 Å². The summed E-state index contributed by atoms with van der Waals surface area (Å²) in [7, 11) is -3.87. The summed E-state index contributed by atoms with van der Waals surface area (Å²) in [6.07, 6.45) is 4.71. The minimum absolute atomic E-state index is 0.0523. The van der Waals surface area contributed by atoms with Crippen molar-refractivity contribution in [2.75, 3.05) is 5.73 Å². The van der Waals surface area contributed by atoms with Gasteiger partial charge in [0.1, 0.15) is 4.90 Å². The van der Waals surface area contributed by atoms with Crippen LogP contribution in [0.4, 0.5) is 10.1 Å². The van der Waals surface area contributed by atoms with Crippen LogP contribution in [0.5, 0.6) is 0 Å². The molecule has 0 radical (unpaired) electrons. The van der Waals surface area contributed by atoms with Gasteiger partial charge in [-0.25, -0.2) is 17.5 Å². The summed E-state index contributed by atoms with van der Waals surface area (Å²) in [5.74, 6) is -0.808. The van der Waals surface area contributed by atoms with Crippen molar-refractivity contribution in [3.05, 3.63) is 22.4 Å². The number of hydrogen-bond acceptors (Lipinski definition) is 3. The van der Waals surface area contributed by atoms with Crippen molar-refractivity contribution < 1.29 is 12.8 Å². The molecule has 1 aliphatic rings. The monoisotopic (exact) mass is 350 g/mol. The smallest absolute Gasteiger partial charge is 0.243 e. The van der Waals surface area contributed by atoms with Crippen LogP contribution in [-0.2, 0) is 10.0 Å². The van der Waals surface area contributed by atoms with E-state index in [-0.39, 0.29) is 16.2 Å². The van der Waals surface area contributed by atoms with Crippen molar-refractivity contribution in [3.8, 4) is 0 Å². The van der Waals surface area contributed by atoms with E-state index in [4.69, 9.17) is 5.73 Å². The van der Waals surface area contributed by atoms with E-state index in [0.717, 1.165) is 38.2 Å². The van der Waals surface area contributed by atoms with E-state index >= 15 is 0 Å². The maximum atomic E-state index is 13.9. The maximum Gasteiger partial charge on any atom is 0.243 e. The minimum Gasteiger partial charge on any atom is -0.399 e. The van der Waals surface area contributed by atoms with Gasteiger partial charge in [-0.1, -0.05) is 19.3 Å². The Morgan fingerprint density at radius 3 is 2.53 bits per heavy atom. The van der Waals surface area contributed by atoms with Gasteiger partial charge in [0, 0.05) is 11.7 Å². The highest BCUT2D eigenvalue weighted by atomic mass is 79.9. The third kappa shape index (κ3) is 3.46. The molecule has 0 atom stereocenters. The minimum atomic E-state index is -3.87. The molecule has 0 aliphatic heterocycles. The molecule has 7 heteroatoms. The summed E-state index contributed by atoms with van der Waals surface area (Å²) in [5, 5.41) is 0. The van der Waals surface area contributed by atoms with Crippen LogP contribution in [0.25, 0.3) is 0 Å². The Kier molecular flexibility index (Phi) is 4.47. The van der Waals surface area contributed by atoms with Crippen molar-refractivity contribution in [2.45, 2.75) is 43.0 Å². The average molecular weight is 351 g/mol. The average Bonchev–Trinajstić information content (AvgIpc) is 2.34. The zero-order chi connectivity index (χ0) is 14.0. The van der Waals surface area contributed by atoms with E-state index in [1.807, 2.05) is 0 Å². The Bertz CT molecular complexity index is 571. The SMILES string of the molecule is Nc1cc(Br)c(F)c(S(=O)(=O)NC2CCCCC2)c1. The molecule has 1 saturated carbocycles. The number of anilines is 1. The molecule has 0 saturated heterocycles. The van der Waals surface area contributed by atoms with E-state index in [1.165, 1.54) is 6.07 Å². The first-order chi connectivity index (χ1) is 8.90. The van der Waals surface area contributed by atoms with Crippen LogP contribution in [0.3, 0.4) is 0 Å². The molecule has 0 aromatic heterocycles. The number of hydrogen-bond donors (Lipinski definition) is 2. The zero-order valence-corrected chi connectivity index (χ0v) is 12.7. The molecule has 1 aliphatic carbocycles. The van der Waals surface area contributed by atoms with Crippen LogP contribution < -0.4 is 10.5 Å². The molecular weight excluding hydrogens is 335 g/mol. The summed E-state index contributed by atoms with van der Waals surface area (Å²) >= 11 is 2.97. The highest BCUT2D eigenvalue weighted by molar-refractivity contribution is 9.10. The van der Waals surface area contributed by atoms with Gasteiger partial charge in [-0.3, -0.25) is 0 Å². The lowest BCUT2D eigenvalue weighted by molar-refractivity contribution is 0.411. The standard InChI is InChI=1S/C12H16BrFN2O2S/c13-10-6-8(15)7-11(12(10)14)19(17,18)16-9-4-2-1-3-5-9/h6-7,9,16H,1-5,15H2. The molecule has 106 valence electrons. The molecule has 3 N–H and O–H groups in total. The lowest BCUT2D eigenvalue weighted by Gasteiger charge is -2.22. The molecule has 4 nitrogen and oxygen atoms in total. The van der Waals surface area contributed by atoms with Gasteiger partial charge in [0.2, 0.25) is 10.0 Å². The number of halogens is 2. The number of sulfonamides is 1. The topological polar surface area (TPSA) is 72.2 Å². The Morgan fingerprint density at radius 2 is 1.89 bits per heavy atom. The number of nitrogens with one attached hydrogen (secondary N) is 1. The molecule has 1 aromatic rings. The fourth-order valence-corrected chi connectivity index (χ4v) is 4.33. The maximum absolute atomic E-state index is 13.9. The first kappa shape index (κ1) is 14.7. The van der Waals surface area contributed by atoms with Gasteiger partial charge < -0.3 is 5.73 Å². The Labute approximate surface area is 120 Å². The number of benzene rings is 1. The molecule has 0 amide bonds. The number of nitrogens with two attached hydrogens (primary N) is 1. The predicted molar refractivity (Wildman–Crippen MR) is 75.7 cm³/mol. The van der Waals surface area contributed by atoms with Crippen molar-refractivity contribution >= 4 is 31.6 Å². The summed E-state index contributed by atoms with van der Waals surface area (Å²) in [6, 6.07) is 2.37. The van der Waals surface area contributed by atoms with E-state index in [0.29, 0.717) is 0 Å². The summed E-state index contributed by atoms with van der Waals surface area (Å²) in [6.45, 7) is 0. The van der Waals surface area contributed by atoms with Crippen LogP contribution in [0.15, 0.2) is 21.5 Å². The molecule has 1 aromatic carbocycles. The van der Waals surface area contributed by atoms with Crippen LogP contribution >= 0.6 is 15.9 Å². The fourth-order valence-electron chi connectivity index (χ4n) is 2.28. The van der Waals surface area contributed by atoms with Crippen LogP contribution in [0.2, 0.25) is 0 Å². The Hall–Kier alpha value is -0.660. The van der Waals surface area contributed by atoms with Gasteiger partial charge in [-0.15, -0.1) is 0 Å². The second-order valence-electron chi connectivity index (χ2n) is 4.77. The van der Waals surface area contributed by atoms with Gasteiger partial charge in [-0.05, 0) is 40.9 Å². The quantitative estimate of drug-likeness (QED) is 0.823. The Morgan fingerprint density at radius 1 is 1.26 bits per heavy atom.